The zero-order chi connectivity index (χ0) is 44.7. The molecule has 4 heterocycles. The molecule has 1 amide bonds. The fraction of sp³-hybridized carbons (Fsp3) is 0.532. The van der Waals surface area contributed by atoms with Gasteiger partial charge in [-0.1, -0.05) is 25.0 Å². The number of oxazole rings is 1. The third-order valence-electron chi connectivity index (χ3n) is 12.8. The van der Waals surface area contributed by atoms with E-state index in [0.29, 0.717) is 95.3 Å². The Morgan fingerprint density at radius 1 is 0.953 bits per heavy atom. The summed E-state index contributed by atoms with van der Waals surface area (Å²) in [5.74, 6) is 0.0711. The van der Waals surface area contributed by atoms with Crippen molar-refractivity contribution in [2.75, 3.05) is 31.7 Å². The molecule has 3 saturated carbocycles. The molecule has 1 unspecified atom stereocenters. The second kappa shape index (κ2) is 20.4. The topological polar surface area (TPSA) is 182 Å². The SMILES string of the molecule is Cn1c(=O)n(C2CCC(=O)CC2=O)c2cccc(CCCOCCOCCCC(=O)C3CCC(n4cc(NC(=O)c5coc(-c6ccnc(CCC7CC7)c6)n5)c(C(F)F)n4)CC3)c21. The molecule has 3 aliphatic rings. The highest BCUT2D eigenvalue weighted by Gasteiger charge is 2.33. The molecular weight excluding hydrogens is 829 g/mol. The minimum absolute atomic E-state index is 0.0462. The van der Waals surface area contributed by atoms with E-state index in [1.807, 2.05) is 24.3 Å². The van der Waals surface area contributed by atoms with Crippen LogP contribution in [0.4, 0.5) is 14.5 Å². The van der Waals surface area contributed by atoms with E-state index in [9.17, 15) is 32.8 Å². The number of anilines is 1. The molecule has 3 aliphatic carbocycles. The van der Waals surface area contributed by atoms with Gasteiger partial charge in [-0.05, 0) is 93.9 Å². The van der Waals surface area contributed by atoms with Crippen LogP contribution in [-0.2, 0) is 43.7 Å². The molecule has 3 fully saturated rings. The first-order valence-corrected chi connectivity index (χ1v) is 22.5. The number of carbonyl (C=O) groups is 4. The lowest BCUT2D eigenvalue weighted by Gasteiger charge is -2.28. The monoisotopic (exact) mass is 883 g/mol. The number of alkyl halides is 2. The van der Waals surface area contributed by atoms with Gasteiger partial charge in [0.1, 0.15) is 17.8 Å². The summed E-state index contributed by atoms with van der Waals surface area (Å²) in [5.41, 5.74) is 3.14. The van der Waals surface area contributed by atoms with Crippen molar-refractivity contribution in [3.05, 3.63) is 82.1 Å². The second-order valence-electron chi connectivity index (χ2n) is 17.4. The van der Waals surface area contributed by atoms with E-state index in [1.165, 1.54) is 30.0 Å². The van der Waals surface area contributed by atoms with Crippen LogP contribution in [0.25, 0.3) is 22.5 Å². The van der Waals surface area contributed by atoms with Gasteiger partial charge in [-0.25, -0.2) is 18.6 Å². The molecule has 0 radical (unpaired) electrons. The predicted octanol–water partition coefficient (Wildman–Crippen LogP) is 7.73. The number of Topliss-reactive ketones (excluding diaryl/α,β-unsaturated/α-hetero) is 3. The Kier molecular flexibility index (Phi) is 14.3. The summed E-state index contributed by atoms with van der Waals surface area (Å²) in [7, 11) is 1.71. The van der Waals surface area contributed by atoms with Crippen molar-refractivity contribution < 1.29 is 41.8 Å². The third-order valence-corrected chi connectivity index (χ3v) is 12.8. The highest BCUT2D eigenvalue weighted by molar-refractivity contribution is 6.04. The number of amides is 1. The number of halogens is 2. The van der Waals surface area contributed by atoms with Crippen LogP contribution in [0.5, 0.6) is 0 Å². The van der Waals surface area contributed by atoms with Crippen molar-refractivity contribution in [1.29, 1.82) is 0 Å². The van der Waals surface area contributed by atoms with Crippen LogP contribution in [0, 0.1) is 11.8 Å². The normalized spacial score (nSPS) is 19.2. The fourth-order valence-electron chi connectivity index (χ4n) is 9.11. The molecule has 1 aromatic carbocycles. The minimum atomic E-state index is -2.91. The van der Waals surface area contributed by atoms with Gasteiger partial charge < -0.3 is 19.2 Å². The molecule has 0 bridgehead atoms. The molecule has 1 N–H and O–H groups in total. The summed E-state index contributed by atoms with van der Waals surface area (Å²) < 4.78 is 49.9. The van der Waals surface area contributed by atoms with E-state index in [2.05, 4.69) is 20.4 Å². The first-order chi connectivity index (χ1) is 31.0. The van der Waals surface area contributed by atoms with Crippen molar-refractivity contribution in [2.45, 2.75) is 115 Å². The van der Waals surface area contributed by atoms with Crippen LogP contribution in [0.2, 0.25) is 0 Å². The lowest BCUT2D eigenvalue weighted by Crippen LogP contribution is -2.34. The second-order valence-corrected chi connectivity index (χ2v) is 17.4. The highest BCUT2D eigenvalue weighted by Crippen LogP contribution is 2.37. The Hall–Kier alpha value is -5.68. The molecule has 0 spiro atoms. The van der Waals surface area contributed by atoms with Gasteiger partial charge in [0, 0.05) is 62.7 Å². The number of aromatic nitrogens is 6. The van der Waals surface area contributed by atoms with E-state index in [4.69, 9.17) is 13.9 Å². The molecule has 1 atom stereocenters. The van der Waals surface area contributed by atoms with Crippen LogP contribution in [0.15, 0.2) is 58.2 Å². The Morgan fingerprint density at radius 2 is 1.73 bits per heavy atom. The molecule has 15 nitrogen and oxygen atoms in total. The molecule has 340 valence electrons. The summed E-state index contributed by atoms with van der Waals surface area (Å²) in [4.78, 5) is 72.5. The first kappa shape index (κ1) is 44.9. The van der Waals surface area contributed by atoms with E-state index < -0.39 is 24.1 Å². The van der Waals surface area contributed by atoms with Gasteiger partial charge in [0.05, 0.1) is 48.4 Å². The number of pyridine rings is 1. The number of benzene rings is 1. The first-order valence-electron chi connectivity index (χ1n) is 22.5. The summed E-state index contributed by atoms with van der Waals surface area (Å²) in [6.07, 6.45) is 11.1. The van der Waals surface area contributed by atoms with Crippen LogP contribution in [0.3, 0.4) is 0 Å². The Morgan fingerprint density at radius 3 is 2.48 bits per heavy atom. The number of aryl methyl sites for hydroxylation is 3. The average molecular weight is 884 g/mol. The molecule has 0 saturated heterocycles. The van der Waals surface area contributed by atoms with Crippen LogP contribution in [0.1, 0.15) is 129 Å². The number of rotatable bonds is 21. The van der Waals surface area contributed by atoms with E-state index >= 15 is 0 Å². The van der Waals surface area contributed by atoms with Gasteiger partial charge in [-0.3, -0.25) is 38.0 Å². The number of para-hydroxylation sites is 1. The molecule has 64 heavy (non-hydrogen) atoms. The summed E-state index contributed by atoms with van der Waals surface area (Å²) in [6.45, 7) is 1.71. The highest BCUT2D eigenvalue weighted by atomic mass is 19.3. The number of carbonyl (C=O) groups excluding carboxylic acids is 4. The van der Waals surface area contributed by atoms with Gasteiger partial charge in [0.25, 0.3) is 12.3 Å². The summed E-state index contributed by atoms with van der Waals surface area (Å²) >= 11 is 0. The zero-order valence-electron chi connectivity index (χ0n) is 36.1. The summed E-state index contributed by atoms with van der Waals surface area (Å²) in [6, 6.07) is 8.54. The lowest BCUT2D eigenvalue weighted by molar-refractivity contribution is -0.132. The average Bonchev–Trinajstić information content (AvgIpc) is 3.70. The molecule has 17 heteroatoms. The Balaban J connectivity index is 0.721. The molecular formula is C47H55F2N7O8. The molecule has 8 rings (SSSR count). The number of nitrogens with zero attached hydrogens (tertiary/aromatic N) is 6. The Labute approximate surface area is 368 Å². The maximum absolute atomic E-state index is 14.1. The van der Waals surface area contributed by atoms with Crippen molar-refractivity contribution in [2.24, 2.45) is 18.9 Å². The van der Waals surface area contributed by atoms with E-state index in [0.717, 1.165) is 42.0 Å². The maximum Gasteiger partial charge on any atom is 0.329 e. The van der Waals surface area contributed by atoms with Crippen molar-refractivity contribution >= 4 is 40.0 Å². The van der Waals surface area contributed by atoms with Gasteiger partial charge in [0.15, 0.2) is 17.2 Å². The standard InChI is InChI=1S/C47H55F2N7O8/c1-54-43-31(5-2-7-39(43)56(47(54)61)38-18-17-35(57)26-41(38)59)6-3-21-62-23-24-63-22-4-8-40(58)30-12-15-34(16-13-30)55-27-36(42(53-55)44(48)49)51-45(60)37-28-64-46(52-37)32-19-20-50-33(25-32)14-11-29-9-10-29/h2,5,7,19-20,25,27-30,34,38,44H,3-4,6,8-18,21-24,26H2,1H3,(H,51,60). The number of imidazole rings is 1. The van der Waals surface area contributed by atoms with Gasteiger partial charge >= 0.3 is 5.69 Å². The number of ether oxygens (including phenoxy) is 2. The summed E-state index contributed by atoms with van der Waals surface area (Å²) in [5, 5.41) is 6.71. The predicted molar refractivity (Wildman–Crippen MR) is 231 cm³/mol. The molecule has 0 aliphatic heterocycles. The zero-order valence-corrected chi connectivity index (χ0v) is 36.1. The minimum Gasteiger partial charge on any atom is -0.444 e. The quantitative estimate of drug-likeness (QED) is 0.0562. The van der Waals surface area contributed by atoms with Crippen LogP contribution in [-0.4, -0.2) is 78.6 Å². The fourth-order valence-corrected chi connectivity index (χ4v) is 9.11. The van der Waals surface area contributed by atoms with Gasteiger partial charge in [-0.2, -0.15) is 5.10 Å². The number of nitrogens with one attached hydrogen (secondary N) is 1. The number of fused-ring (bicyclic) bond motifs is 1. The van der Waals surface area contributed by atoms with Crippen molar-refractivity contribution in [3.8, 4) is 11.5 Å². The van der Waals surface area contributed by atoms with Gasteiger partial charge in [-0.15, -0.1) is 0 Å². The molecule has 4 aromatic heterocycles. The van der Waals surface area contributed by atoms with Gasteiger partial charge in [0.2, 0.25) is 5.89 Å². The van der Waals surface area contributed by atoms with Crippen molar-refractivity contribution in [1.82, 2.24) is 28.9 Å². The third kappa shape index (κ3) is 10.6. The number of hydrogen-bond acceptors (Lipinski definition) is 11. The van der Waals surface area contributed by atoms with E-state index in [-0.39, 0.29) is 58.7 Å². The Bertz CT molecular complexity index is 2530. The lowest BCUT2D eigenvalue weighted by atomic mass is 9.82. The molecule has 5 aromatic rings. The van der Waals surface area contributed by atoms with E-state index in [1.54, 1.807) is 28.4 Å². The largest absolute Gasteiger partial charge is 0.444 e. The van der Waals surface area contributed by atoms with Crippen molar-refractivity contribution in [3.63, 3.8) is 0 Å². The van der Waals surface area contributed by atoms with Crippen LogP contribution < -0.4 is 11.0 Å². The maximum atomic E-state index is 14.1. The smallest absolute Gasteiger partial charge is 0.329 e. The van der Waals surface area contributed by atoms with Crippen LogP contribution >= 0.6 is 0 Å². The number of ketones is 3. The number of hydrogen-bond donors (Lipinski definition) is 1.